The Morgan fingerprint density at radius 1 is 1.06 bits per heavy atom. The van der Waals surface area contributed by atoms with E-state index in [1.54, 1.807) is 16.7 Å². The minimum absolute atomic E-state index is 0.0755. The van der Waals surface area contributed by atoms with E-state index >= 15 is 0 Å². The molecular formula is C23H17ClN6O2. The van der Waals surface area contributed by atoms with Crippen molar-refractivity contribution in [2.75, 3.05) is 5.32 Å². The first-order valence-corrected chi connectivity index (χ1v) is 10.2. The Bertz CT molecular complexity index is 1520. The molecule has 32 heavy (non-hydrogen) atoms. The maximum atomic E-state index is 13.4. The molecule has 0 atom stereocenters. The number of pyridine rings is 1. The first-order chi connectivity index (χ1) is 15.5. The fourth-order valence-electron chi connectivity index (χ4n) is 3.52. The lowest BCUT2D eigenvalue weighted by atomic mass is 10.2. The number of nitrogens with zero attached hydrogens (tertiary/aromatic N) is 5. The molecule has 1 N–H and O–H groups in total. The molecule has 3 heterocycles. The Morgan fingerprint density at radius 2 is 1.88 bits per heavy atom. The molecule has 5 aromatic rings. The van der Waals surface area contributed by atoms with Crippen LogP contribution < -0.4 is 10.9 Å². The second-order valence-electron chi connectivity index (χ2n) is 7.36. The van der Waals surface area contributed by atoms with Crippen LogP contribution in [0.4, 0.5) is 5.82 Å². The highest BCUT2D eigenvalue weighted by atomic mass is 35.5. The van der Waals surface area contributed by atoms with Crippen molar-refractivity contribution in [1.82, 2.24) is 24.1 Å². The molecule has 3 aromatic heterocycles. The number of rotatable bonds is 4. The van der Waals surface area contributed by atoms with Gasteiger partial charge in [0.05, 0.1) is 22.6 Å². The molecule has 0 fully saturated rings. The van der Waals surface area contributed by atoms with Gasteiger partial charge < -0.3 is 5.32 Å². The average molecular weight is 445 g/mol. The summed E-state index contributed by atoms with van der Waals surface area (Å²) in [7, 11) is 0. The number of nitrogens with one attached hydrogen (secondary N) is 1. The van der Waals surface area contributed by atoms with Gasteiger partial charge in [0.1, 0.15) is 5.82 Å². The van der Waals surface area contributed by atoms with E-state index in [2.05, 4.69) is 20.4 Å². The number of carbonyl (C=O) groups excluding carboxylic acids is 1. The zero-order valence-electron chi connectivity index (χ0n) is 17.0. The SMILES string of the molecule is Cc1ccc2c(c1)n(Cc1ccccc1)c(=O)c1nc(C(=O)Nc3ccc(Cl)cn3)nn12. The van der Waals surface area contributed by atoms with Crippen molar-refractivity contribution >= 4 is 40.0 Å². The van der Waals surface area contributed by atoms with Gasteiger partial charge in [0.2, 0.25) is 11.5 Å². The molecule has 0 bridgehead atoms. The Morgan fingerprint density at radius 3 is 2.62 bits per heavy atom. The maximum absolute atomic E-state index is 13.4. The Labute approximate surface area is 187 Å². The maximum Gasteiger partial charge on any atom is 0.296 e. The Kier molecular flexibility index (Phi) is 4.91. The van der Waals surface area contributed by atoms with Gasteiger partial charge in [0, 0.05) is 6.20 Å². The summed E-state index contributed by atoms with van der Waals surface area (Å²) >= 11 is 5.84. The molecular weight excluding hydrogens is 428 g/mol. The lowest BCUT2D eigenvalue weighted by molar-refractivity contribution is 0.101. The first-order valence-electron chi connectivity index (χ1n) is 9.86. The number of benzene rings is 2. The van der Waals surface area contributed by atoms with E-state index in [0.717, 1.165) is 11.1 Å². The molecule has 8 nitrogen and oxygen atoms in total. The van der Waals surface area contributed by atoms with Crippen LogP contribution in [-0.2, 0) is 6.54 Å². The van der Waals surface area contributed by atoms with Crippen LogP contribution in [-0.4, -0.2) is 30.1 Å². The molecule has 0 aliphatic heterocycles. The standard InChI is InChI=1S/C23H17ClN6O2/c1-14-7-9-17-18(11-14)29(13-15-5-3-2-4-6-15)23(32)21-27-20(28-30(17)21)22(31)26-19-10-8-16(24)12-25-19/h2-12H,13H2,1H3,(H,25,26,31). The number of fused-ring (bicyclic) bond motifs is 3. The molecule has 0 radical (unpaired) electrons. The number of aryl methyl sites for hydroxylation is 1. The molecule has 158 valence electrons. The van der Waals surface area contributed by atoms with E-state index in [1.807, 2.05) is 55.5 Å². The summed E-state index contributed by atoms with van der Waals surface area (Å²) < 4.78 is 3.08. The van der Waals surface area contributed by atoms with E-state index in [9.17, 15) is 9.59 Å². The van der Waals surface area contributed by atoms with Gasteiger partial charge in [-0.25, -0.2) is 9.50 Å². The van der Waals surface area contributed by atoms with E-state index in [-0.39, 0.29) is 17.0 Å². The summed E-state index contributed by atoms with van der Waals surface area (Å²) in [5, 5.41) is 7.39. The predicted octanol–water partition coefficient (Wildman–Crippen LogP) is 3.70. The van der Waals surface area contributed by atoms with Gasteiger partial charge in [0.15, 0.2) is 0 Å². The third-order valence-electron chi connectivity index (χ3n) is 5.05. The second kappa shape index (κ2) is 7.90. The number of hydrogen-bond acceptors (Lipinski definition) is 5. The molecule has 0 saturated heterocycles. The first kappa shape index (κ1) is 19.9. The minimum atomic E-state index is -0.571. The number of halogens is 1. The van der Waals surface area contributed by atoms with E-state index < -0.39 is 5.91 Å². The lowest BCUT2D eigenvalue weighted by Crippen LogP contribution is -2.24. The summed E-state index contributed by atoms with van der Waals surface area (Å²) in [6.07, 6.45) is 1.42. The van der Waals surface area contributed by atoms with Crippen LogP contribution in [0.25, 0.3) is 16.7 Å². The summed E-state index contributed by atoms with van der Waals surface area (Å²) in [6, 6.07) is 18.6. The molecule has 9 heteroatoms. The number of aromatic nitrogens is 5. The number of carbonyl (C=O) groups is 1. The van der Waals surface area contributed by atoms with Crippen molar-refractivity contribution in [3.05, 3.63) is 99.2 Å². The van der Waals surface area contributed by atoms with Gasteiger partial charge in [0.25, 0.3) is 11.5 Å². The lowest BCUT2D eigenvalue weighted by Gasteiger charge is -2.12. The quantitative estimate of drug-likeness (QED) is 0.456. The number of anilines is 1. The summed E-state index contributed by atoms with van der Waals surface area (Å²) in [5.74, 6) is -0.392. The van der Waals surface area contributed by atoms with Crippen molar-refractivity contribution in [3.63, 3.8) is 0 Å². The van der Waals surface area contributed by atoms with Gasteiger partial charge in [-0.2, -0.15) is 4.98 Å². The van der Waals surface area contributed by atoms with Crippen molar-refractivity contribution in [1.29, 1.82) is 0 Å². The number of hydrogen-bond donors (Lipinski definition) is 1. The fourth-order valence-corrected chi connectivity index (χ4v) is 3.63. The third-order valence-corrected chi connectivity index (χ3v) is 5.27. The van der Waals surface area contributed by atoms with Gasteiger partial charge in [-0.15, -0.1) is 5.10 Å². The molecule has 5 rings (SSSR count). The topological polar surface area (TPSA) is 94.2 Å². The zero-order chi connectivity index (χ0) is 22.2. The van der Waals surface area contributed by atoms with Crippen LogP contribution in [0.15, 0.2) is 71.7 Å². The van der Waals surface area contributed by atoms with Crippen molar-refractivity contribution in [2.45, 2.75) is 13.5 Å². The van der Waals surface area contributed by atoms with E-state index in [4.69, 9.17) is 11.6 Å². The highest BCUT2D eigenvalue weighted by molar-refractivity contribution is 6.30. The second-order valence-corrected chi connectivity index (χ2v) is 7.79. The Hall–Kier alpha value is -4.04. The summed E-state index contributed by atoms with van der Waals surface area (Å²) in [4.78, 5) is 34.4. The summed E-state index contributed by atoms with van der Waals surface area (Å²) in [5.41, 5.74) is 3.12. The summed E-state index contributed by atoms with van der Waals surface area (Å²) in [6.45, 7) is 2.33. The number of amides is 1. The molecule has 0 aliphatic carbocycles. The van der Waals surface area contributed by atoms with Gasteiger partial charge >= 0.3 is 0 Å². The van der Waals surface area contributed by atoms with Gasteiger partial charge in [-0.3, -0.25) is 14.2 Å². The average Bonchev–Trinajstić information content (AvgIpc) is 3.25. The molecule has 0 aliphatic rings. The Balaban J connectivity index is 1.64. The predicted molar refractivity (Wildman–Crippen MR) is 122 cm³/mol. The zero-order valence-corrected chi connectivity index (χ0v) is 17.7. The highest BCUT2D eigenvalue weighted by Gasteiger charge is 2.19. The van der Waals surface area contributed by atoms with Crippen molar-refractivity contribution in [2.24, 2.45) is 0 Å². The monoisotopic (exact) mass is 444 g/mol. The van der Waals surface area contributed by atoms with Crippen LogP contribution in [0, 0.1) is 6.92 Å². The molecule has 1 amide bonds. The third kappa shape index (κ3) is 3.61. The van der Waals surface area contributed by atoms with Crippen LogP contribution in [0.3, 0.4) is 0 Å². The van der Waals surface area contributed by atoms with Gasteiger partial charge in [-0.1, -0.05) is 48.0 Å². The normalized spacial score (nSPS) is 11.2. The molecule has 0 spiro atoms. The van der Waals surface area contributed by atoms with Crippen LogP contribution in [0.2, 0.25) is 5.02 Å². The van der Waals surface area contributed by atoms with Gasteiger partial charge in [-0.05, 0) is 42.3 Å². The smallest absolute Gasteiger partial charge is 0.296 e. The molecule has 0 unspecified atom stereocenters. The molecule has 2 aromatic carbocycles. The van der Waals surface area contributed by atoms with Crippen molar-refractivity contribution in [3.8, 4) is 0 Å². The van der Waals surface area contributed by atoms with E-state index in [1.165, 1.54) is 10.7 Å². The largest absolute Gasteiger partial charge is 0.304 e. The van der Waals surface area contributed by atoms with Crippen LogP contribution in [0.5, 0.6) is 0 Å². The fraction of sp³-hybridized carbons (Fsp3) is 0.0870. The van der Waals surface area contributed by atoms with Crippen LogP contribution >= 0.6 is 11.6 Å². The van der Waals surface area contributed by atoms with E-state index in [0.29, 0.717) is 28.4 Å². The van der Waals surface area contributed by atoms with Crippen molar-refractivity contribution < 1.29 is 4.79 Å². The molecule has 0 saturated carbocycles. The highest BCUT2D eigenvalue weighted by Crippen LogP contribution is 2.18. The van der Waals surface area contributed by atoms with Crippen LogP contribution in [0.1, 0.15) is 21.7 Å². The minimum Gasteiger partial charge on any atom is -0.304 e.